The van der Waals surface area contributed by atoms with Crippen LogP contribution in [0.1, 0.15) is 29.8 Å². The van der Waals surface area contributed by atoms with E-state index in [1.807, 2.05) is 35.8 Å². The molecule has 6 nitrogen and oxygen atoms in total. The Morgan fingerprint density at radius 1 is 1.25 bits per heavy atom. The highest BCUT2D eigenvalue weighted by molar-refractivity contribution is 5.79. The average molecular weight is 428 g/mol. The number of aromatic nitrogens is 3. The number of fused-ring (bicyclic) bond motifs is 1. The molecule has 32 heavy (non-hydrogen) atoms. The molecular weight excluding hydrogens is 398 g/mol. The van der Waals surface area contributed by atoms with E-state index in [0.717, 1.165) is 52.3 Å². The number of pyridine rings is 1. The number of hydrogen-bond acceptors (Lipinski definition) is 5. The predicted molar refractivity (Wildman–Crippen MR) is 130 cm³/mol. The summed E-state index contributed by atoms with van der Waals surface area (Å²) in [5.41, 5.74) is 12.9. The van der Waals surface area contributed by atoms with Crippen LogP contribution < -0.4 is 15.8 Å². The SMILES string of the molecule is C=CC(=C)NCc1ccc2nc(N)n(Cc3nc(C)ccc3OCC3=CCCC=C3)c2c1. The van der Waals surface area contributed by atoms with Crippen LogP contribution in [0.3, 0.4) is 0 Å². The van der Waals surface area contributed by atoms with Gasteiger partial charge in [-0.05, 0) is 61.2 Å². The zero-order valence-electron chi connectivity index (χ0n) is 18.5. The first-order valence-corrected chi connectivity index (χ1v) is 10.8. The monoisotopic (exact) mass is 427 g/mol. The standard InChI is InChI=1S/C26H29N5O/c1-4-18(2)28-15-21-11-12-22-24(14-21)31(26(27)30-22)16-23-25(13-10-19(3)29-23)32-17-20-8-6-5-7-9-20/h4,6,8-14,28H,1-2,5,7,15-17H2,3H3,(H2,27,30). The zero-order valence-corrected chi connectivity index (χ0v) is 18.5. The van der Waals surface area contributed by atoms with E-state index in [-0.39, 0.29) is 0 Å². The average Bonchev–Trinajstić information content (AvgIpc) is 3.12. The van der Waals surface area contributed by atoms with Crippen LogP contribution >= 0.6 is 0 Å². The van der Waals surface area contributed by atoms with Gasteiger partial charge in [-0.15, -0.1) is 0 Å². The Bertz CT molecular complexity index is 1220. The molecule has 3 N–H and O–H groups in total. The second-order valence-corrected chi connectivity index (χ2v) is 7.91. The number of nitrogens with two attached hydrogens (primary N) is 1. The lowest BCUT2D eigenvalue weighted by Crippen LogP contribution is -2.11. The van der Waals surface area contributed by atoms with Crippen molar-refractivity contribution in [2.75, 3.05) is 12.3 Å². The summed E-state index contributed by atoms with van der Waals surface area (Å²) in [5, 5.41) is 3.24. The molecule has 3 aromatic rings. The molecule has 0 radical (unpaired) electrons. The molecule has 1 aliphatic carbocycles. The Morgan fingerprint density at radius 3 is 2.91 bits per heavy atom. The van der Waals surface area contributed by atoms with Gasteiger partial charge in [0.2, 0.25) is 5.95 Å². The molecule has 0 spiro atoms. The molecule has 0 aliphatic heterocycles. The fourth-order valence-electron chi connectivity index (χ4n) is 3.68. The Kier molecular flexibility index (Phi) is 6.40. The molecular formula is C26H29N5O. The number of hydrogen-bond donors (Lipinski definition) is 2. The molecule has 0 fully saturated rings. The Labute approximate surface area is 188 Å². The number of nitrogens with zero attached hydrogens (tertiary/aromatic N) is 3. The molecule has 0 saturated heterocycles. The number of allylic oxidation sites excluding steroid dienone is 3. The Balaban J connectivity index is 1.60. The minimum atomic E-state index is 0.452. The summed E-state index contributed by atoms with van der Waals surface area (Å²) < 4.78 is 8.13. The number of ether oxygens (including phenoxy) is 1. The van der Waals surface area contributed by atoms with Gasteiger partial charge < -0.3 is 20.4 Å². The fourth-order valence-corrected chi connectivity index (χ4v) is 3.68. The van der Waals surface area contributed by atoms with E-state index in [4.69, 9.17) is 15.5 Å². The van der Waals surface area contributed by atoms with Crippen molar-refractivity contribution in [3.8, 4) is 5.75 Å². The number of nitrogen functional groups attached to an aromatic ring is 1. The van der Waals surface area contributed by atoms with E-state index < -0.39 is 0 Å². The van der Waals surface area contributed by atoms with Crippen LogP contribution in [0, 0.1) is 6.92 Å². The van der Waals surface area contributed by atoms with E-state index in [1.54, 1.807) is 6.08 Å². The van der Waals surface area contributed by atoms with E-state index in [0.29, 0.717) is 25.6 Å². The first-order valence-electron chi connectivity index (χ1n) is 10.8. The van der Waals surface area contributed by atoms with Crippen LogP contribution in [-0.4, -0.2) is 21.1 Å². The normalized spacial score (nSPS) is 13.1. The topological polar surface area (TPSA) is 78.0 Å². The van der Waals surface area contributed by atoms with Crippen molar-refractivity contribution in [1.82, 2.24) is 19.9 Å². The van der Waals surface area contributed by atoms with Crippen molar-refractivity contribution in [3.05, 3.63) is 96.0 Å². The maximum absolute atomic E-state index is 6.30. The van der Waals surface area contributed by atoms with Gasteiger partial charge in [0.05, 0.1) is 17.6 Å². The highest BCUT2D eigenvalue weighted by Gasteiger charge is 2.14. The third kappa shape index (κ3) is 4.91. The van der Waals surface area contributed by atoms with Gasteiger partial charge in [-0.2, -0.15) is 0 Å². The number of nitrogens with one attached hydrogen (secondary N) is 1. The first kappa shape index (κ1) is 21.4. The molecule has 4 rings (SSSR count). The summed E-state index contributed by atoms with van der Waals surface area (Å²) in [5.74, 6) is 1.21. The molecule has 6 heteroatoms. The minimum absolute atomic E-state index is 0.452. The summed E-state index contributed by atoms with van der Waals surface area (Å²) in [6.45, 7) is 11.3. The number of rotatable bonds is 9. The lowest BCUT2D eigenvalue weighted by Gasteiger charge is -2.15. The lowest BCUT2D eigenvalue weighted by atomic mass is 10.1. The predicted octanol–water partition coefficient (Wildman–Crippen LogP) is 4.81. The van der Waals surface area contributed by atoms with Crippen molar-refractivity contribution in [2.24, 2.45) is 0 Å². The van der Waals surface area contributed by atoms with Crippen LogP contribution in [0.25, 0.3) is 11.0 Å². The van der Waals surface area contributed by atoms with Gasteiger partial charge in [0.15, 0.2) is 0 Å². The molecule has 0 saturated carbocycles. The summed E-state index contributed by atoms with van der Waals surface area (Å²) in [4.78, 5) is 9.28. The van der Waals surface area contributed by atoms with Crippen LogP contribution in [-0.2, 0) is 13.1 Å². The van der Waals surface area contributed by atoms with Crippen LogP contribution in [0.4, 0.5) is 5.95 Å². The molecule has 1 aromatic carbocycles. The third-order valence-electron chi connectivity index (χ3n) is 5.45. The Morgan fingerprint density at radius 2 is 2.12 bits per heavy atom. The van der Waals surface area contributed by atoms with Gasteiger partial charge >= 0.3 is 0 Å². The van der Waals surface area contributed by atoms with E-state index in [2.05, 4.69) is 47.8 Å². The summed E-state index contributed by atoms with van der Waals surface area (Å²) in [7, 11) is 0. The third-order valence-corrected chi connectivity index (χ3v) is 5.45. The number of imidazole rings is 1. The molecule has 0 unspecified atom stereocenters. The van der Waals surface area contributed by atoms with Gasteiger partial charge in [-0.3, -0.25) is 4.98 Å². The molecule has 0 atom stereocenters. The molecule has 0 bridgehead atoms. The Hall–Kier alpha value is -3.80. The van der Waals surface area contributed by atoms with Crippen molar-refractivity contribution in [2.45, 2.75) is 32.9 Å². The second-order valence-electron chi connectivity index (χ2n) is 7.91. The second kappa shape index (κ2) is 9.56. The largest absolute Gasteiger partial charge is 0.487 e. The quantitative estimate of drug-likeness (QED) is 0.479. The van der Waals surface area contributed by atoms with Crippen molar-refractivity contribution < 1.29 is 4.74 Å². The summed E-state index contributed by atoms with van der Waals surface area (Å²) >= 11 is 0. The number of aryl methyl sites for hydroxylation is 1. The molecule has 2 aromatic heterocycles. The van der Waals surface area contributed by atoms with Gasteiger partial charge in [0, 0.05) is 17.9 Å². The highest BCUT2D eigenvalue weighted by Crippen LogP contribution is 2.25. The van der Waals surface area contributed by atoms with Gasteiger partial charge in [0.25, 0.3) is 0 Å². The molecule has 1 aliphatic rings. The molecule has 0 amide bonds. The summed E-state index contributed by atoms with van der Waals surface area (Å²) in [6, 6.07) is 10.1. The fraction of sp³-hybridized carbons (Fsp3) is 0.231. The number of anilines is 1. The zero-order chi connectivity index (χ0) is 22.5. The number of benzene rings is 1. The lowest BCUT2D eigenvalue weighted by molar-refractivity contribution is 0.347. The van der Waals surface area contributed by atoms with Gasteiger partial charge in [0.1, 0.15) is 18.1 Å². The van der Waals surface area contributed by atoms with E-state index in [9.17, 15) is 0 Å². The van der Waals surface area contributed by atoms with Crippen LogP contribution in [0.15, 0.2) is 79.1 Å². The van der Waals surface area contributed by atoms with E-state index >= 15 is 0 Å². The van der Waals surface area contributed by atoms with Crippen LogP contribution in [0.5, 0.6) is 5.75 Å². The van der Waals surface area contributed by atoms with Crippen molar-refractivity contribution in [3.63, 3.8) is 0 Å². The first-order chi connectivity index (χ1) is 15.5. The van der Waals surface area contributed by atoms with Crippen molar-refractivity contribution in [1.29, 1.82) is 0 Å². The van der Waals surface area contributed by atoms with Gasteiger partial charge in [-0.1, -0.05) is 37.5 Å². The van der Waals surface area contributed by atoms with E-state index in [1.165, 1.54) is 5.57 Å². The molecule has 164 valence electrons. The highest BCUT2D eigenvalue weighted by atomic mass is 16.5. The minimum Gasteiger partial charge on any atom is -0.487 e. The smallest absolute Gasteiger partial charge is 0.201 e. The van der Waals surface area contributed by atoms with Crippen molar-refractivity contribution >= 4 is 17.0 Å². The summed E-state index contributed by atoms with van der Waals surface area (Å²) in [6.07, 6.45) is 10.4. The maximum atomic E-state index is 6.30. The maximum Gasteiger partial charge on any atom is 0.201 e. The molecule has 2 heterocycles. The van der Waals surface area contributed by atoms with Crippen LogP contribution in [0.2, 0.25) is 0 Å². The van der Waals surface area contributed by atoms with Gasteiger partial charge in [-0.25, -0.2) is 4.98 Å².